The Labute approximate surface area is 51.2 Å². The highest BCUT2D eigenvalue weighted by molar-refractivity contribution is 14.1. The van der Waals surface area contributed by atoms with Crippen LogP contribution in [0.1, 0.15) is 0 Å². The van der Waals surface area contributed by atoms with Crippen molar-refractivity contribution >= 4 is 22.6 Å². The molecule has 0 aliphatic rings. The van der Waals surface area contributed by atoms with Gasteiger partial charge in [-0.15, -0.1) is 0 Å². The number of allylic oxidation sites excluding steroid dienone is 1. The second-order valence-corrected chi connectivity index (χ2v) is 1.69. The summed E-state index contributed by atoms with van der Waals surface area (Å²) in [5, 5.41) is 8.11. The summed E-state index contributed by atoms with van der Waals surface area (Å²) in [5.74, 6) is 0. The van der Waals surface area contributed by atoms with E-state index in [0.29, 0.717) is 0 Å². The van der Waals surface area contributed by atoms with E-state index in [1.807, 2.05) is 6.08 Å². The van der Waals surface area contributed by atoms with Crippen molar-refractivity contribution < 1.29 is 5.11 Å². The molecule has 1 nitrogen and oxygen atoms in total. The fourth-order valence-electron chi connectivity index (χ4n) is 0.138. The van der Waals surface area contributed by atoms with Crippen LogP contribution in [0.3, 0.4) is 0 Å². The average molecular weight is 198 g/mol. The quantitative estimate of drug-likeness (QED) is 0.398. The van der Waals surface area contributed by atoms with Gasteiger partial charge in [-0.3, -0.25) is 0 Å². The summed E-state index contributed by atoms with van der Waals surface area (Å²) in [5.41, 5.74) is 0. The van der Waals surface area contributed by atoms with Crippen molar-refractivity contribution in [1.82, 2.24) is 0 Å². The van der Waals surface area contributed by atoms with Crippen LogP contribution in [0.2, 0.25) is 0 Å². The molecule has 0 heterocycles. The molecule has 6 heavy (non-hydrogen) atoms. The average Bonchev–Trinajstić information content (AvgIpc) is 1.61. The highest BCUT2D eigenvalue weighted by atomic mass is 127. The zero-order valence-corrected chi connectivity index (χ0v) is 5.55. The van der Waals surface area contributed by atoms with Crippen LogP contribution in [0.5, 0.6) is 0 Å². The first-order chi connectivity index (χ1) is 2.91. The Bertz CT molecular complexity index is 36.8. The maximum Gasteiger partial charge on any atom is 0.0612 e. The zero-order valence-electron chi connectivity index (χ0n) is 3.39. The van der Waals surface area contributed by atoms with E-state index in [1.165, 1.54) is 0 Å². The highest BCUT2D eigenvalue weighted by Gasteiger charge is 1.61. The van der Waals surface area contributed by atoms with Crippen LogP contribution < -0.4 is 0 Å². The Morgan fingerprint density at radius 3 is 2.33 bits per heavy atom. The Morgan fingerprint density at radius 1 is 1.50 bits per heavy atom. The molecule has 0 saturated carbocycles. The molecule has 0 spiro atoms. The summed E-state index contributed by atoms with van der Waals surface area (Å²) >= 11 is 2.21. The molecule has 0 aliphatic carbocycles. The number of aliphatic hydroxyl groups is 1. The van der Waals surface area contributed by atoms with E-state index in [-0.39, 0.29) is 6.61 Å². The SMILES string of the molecule is OC/C=C\CI. The third kappa shape index (κ3) is 4.43. The number of hydrogen-bond acceptors (Lipinski definition) is 1. The Morgan fingerprint density at radius 2 is 2.17 bits per heavy atom. The molecular formula is C4H7IO. The standard InChI is InChI=1S/C4H7IO/c5-3-1-2-4-6/h1-2,6H,3-4H2/b2-1-. The van der Waals surface area contributed by atoms with Gasteiger partial charge in [-0.1, -0.05) is 34.7 Å². The Hall–Kier alpha value is 0.430. The molecule has 0 fully saturated rings. The molecule has 36 valence electrons. The van der Waals surface area contributed by atoms with Gasteiger partial charge in [0.2, 0.25) is 0 Å². The minimum absolute atomic E-state index is 0.170. The topological polar surface area (TPSA) is 20.2 Å². The third-order valence-electron chi connectivity index (χ3n) is 0.361. The normalized spacial score (nSPS) is 10.3. The molecule has 0 aromatic rings. The lowest BCUT2D eigenvalue weighted by atomic mass is 10.6. The summed E-state index contributed by atoms with van der Waals surface area (Å²) in [6, 6.07) is 0. The van der Waals surface area contributed by atoms with Gasteiger partial charge in [0.15, 0.2) is 0 Å². The number of alkyl halides is 1. The fourth-order valence-corrected chi connectivity index (χ4v) is 0.497. The minimum atomic E-state index is 0.170. The molecule has 0 unspecified atom stereocenters. The van der Waals surface area contributed by atoms with Gasteiger partial charge in [0.1, 0.15) is 0 Å². The van der Waals surface area contributed by atoms with E-state index in [1.54, 1.807) is 6.08 Å². The van der Waals surface area contributed by atoms with Crippen molar-refractivity contribution in [3.8, 4) is 0 Å². The molecule has 0 bridgehead atoms. The summed E-state index contributed by atoms with van der Waals surface area (Å²) in [4.78, 5) is 0. The minimum Gasteiger partial charge on any atom is -0.392 e. The lowest BCUT2D eigenvalue weighted by Crippen LogP contribution is -1.69. The Kier molecular flexibility index (Phi) is 5.82. The van der Waals surface area contributed by atoms with Crippen LogP contribution in [0, 0.1) is 0 Å². The predicted octanol–water partition coefficient (Wildman–Crippen LogP) is 0.970. The molecular weight excluding hydrogens is 191 g/mol. The molecule has 1 N–H and O–H groups in total. The first-order valence-electron chi connectivity index (χ1n) is 1.73. The van der Waals surface area contributed by atoms with Gasteiger partial charge in [0.25, 0.3) is 0 Å². The van der Waals surface area contributed by atoms with Crippen molar-refractivity contribution in [2.45, 2.75) is 0 Å². The highest BCUT2D eigenvalue weighted by Crippen LogP contribution is 1.79. The first kappa shape index (κ1) is 6.43. The van der Waals surface area contributed by atoms with E-state index in [4.69, 9.17) is 5.11 Å². The van der Waals surface area contributed by atoms with Crippen LogP contribution in [-0.4, -0.2) is 16.1 Å². The van der Waals surface area contributed by atoms with Crippen molar-refractivity contribution in [3.63, 3.8) is 0 Å². The first-order valence-corrected chi connectivity index (χ1v) is 3.26. The third-order valence-corrected chi connectivity index (χ3v) is 0.870. The number of rotatable bonds is 2. The van der Waals surface area contributed by atoms with Gasteiger partial charge in [0, 0.05) is 4.43 Å². The lowest BCUT2D eigenvalue weighted by Gasteiger charge is -1.71. The van der Waals surface area contributed by atoms with E-state index in [2.05, 4.69) is 22.6 Å². The maximum atomic E-state index is 8.11. The van der Waals surface area contributed by atoms with Crippen LogP contribution >= 0.6 is 22.6 Å². The monoisotopic (exact) mass is 198 g/mol. The summed E-state index contributed by atoms with van der Waals surface area (Å²) in [6.45, 7) is 0.170. The van der Waals surface area contributed by atoms with Gasteiger partial charge in [-0.2, -0.15) is 0 Å². The van der Waals surface area contributed by atoms with E-state index < -0.39 is 0 Å². The summed E-state index contributed by atoms with van der Waals surface area (Å²) in [6.07, 6.45) is 3.65. The van der Waals surface area contributed by atoms with Crippen molar-refractivity contribution in [3.05, 3.63) is 12.2 Å². The van der Waals surface area contributed by atoms with E-state index in [0.717, 1.165) is 4.43 Å². The number of hydrogen-bond donors (Lipinski definition) is 1. The zero-order chi connectivity index (χ0) is 4.83. The van der Waals surface area contributed by atoms with Crippen molar-refractivity contribution in [2.24, 2.45) is 0 Å². The van der Waals surface area contributed by atoms with E-state index in [9.17, 15) is 0 Å². The lowest BCUT2D eigenvalue weighted by molar-refractivity contribution is 0.342. The predicted molar refractivity (Wildman–Crippen MR) is 35.1 cm³/mol. The van der Waals surface area contributed by atoms with Gasteiger partial charge in [-0.05, 0) is 0 Å². The number of halogens is 1. The molecule has 0 aliphatic heterocycles. The van der Waals surface area contributed by atoms with Crippen LogP contribution in [0.4, 0.5) is 0 Å². The molecule has 0 aromatic carbocycles. The Balaban J connectivity index is 2.73. The van der Waals surface area contributed by atoms with Crippen LogP contribution in [0.15, 0.2) is 12.2 Å². The van der Waals surface area contributed by atoms with Crippen molar-refractivity contribution in [1.29, 1.82) is 0 Å². The van der Waals surface area contributed by atoms with E-state index >= 15 is 0 Å². The molecule has 0 amide bonds. The van der Waals surface area contributed by atoms with Gasteiger partial charge in [-0.25, -0.2) is 0 Å². The molecule has 2 heteroatoms. The molecule has 0 atom stereocenters. The van der Waals surface area contributed by atoms with Gasteiger partial charge >= 0.3 is 0 Å². The number of aliphatic hydroxyl groups excluding tert-OH is 1. The van der Waals surface area contributed by atoms with Crippen LogP contribution in [0.25, 0.3) is 0 Å². The molecule has 0 aromatic heterocycles. The molecule has 0 radical (unpaired) electrons. The maximum absolute atomic E-state index is 8.11. The largest absolute Gasteiger partial charge is 0.392 e. The molecule has 0 saturated heterocycles. The second kappa shape index (κ2) is 5.43. The van der Waals surface area contributed by atoms with Gasteiger partial charge < -0.3 is 5.11 Å². The smallest absolute Gasteiger partial charge is 0.0612 e. The fraction of sp³-hybridized carbons (Fsp3) is 0.500. The van der Waals surface area contributed by atoms with Crippen LogP contribution in [-0.2, 0) is 0 Å². The second-order valence-electron chi connectivity index (χ2n) is 0.808. The molecule has 0 rings (SSSR count). The summed E-state index contributed by atoms with van der Waals surface area (Å²) in [7, 11) is 0. The van der Waals surface area contributed by atoms with Gasteiger partial charge in [0.05, 0.1) is 6.61 Å². The van der Waals surface area contributed by atoms with Crippen molar-refractivity contribution in [2.75, 3.05) is 11.0 Å². The summed E-state index contributed by atoms with van der Waals surface area (Å²) < 4.78 is 0.984.